The average molecular weight is 425 g/mol. The minimum absolute atomic E-state index is 0.0251. The molecule has 170 valence electrons. The minimum Gasteiger partial charge on any atom is -0.487 e. The molecule has 0 radical (unpaired) electrons. The number of rotatable bonds is 18. The van der Waals surface area contributed by atoms with Crippen molar-refractivity contribution in [3.63, 3.8) is 0 Å². The second-order valence-corrected chi connectivity index (χ2v) is 7.53. The number of benzene rings is 1. The van der Waals surface area contributed by atoms with E-state index in [0.29, 0.717) is 13.2 Å². The maximum absolute atomic E-state index is 11.4. The van der Waals surface area contributed by atoms with E-state index in [4.69, 9.17) is 9.47 Å². The van der Waals surface area contributed by atoms with Gasteiger partial charge in [-0.25, -0.2) is 0 Å². The van der Waals surface area contributed by atoms with Crippen molar-refractivity contribution in [2.45, 2.75) is 90.9 Å². The summed E-state index contributed by atoms with van der Waals surface area (Å²) in [6.07, 6.45) is 12.8. The fourth-order valence-corrected chi connectivity index (χ4v) is 3.18. The summed E-state index contributed by atoms with van der Waals surface area (Å²) in [6, 6.07) is 2.23. The Morgan fingerprint density at radius 3 is 1.37 bits per heavy atom. The molecule has 0 saturated heterocycles. The number of nitro groups is 2. The first-order valence-electron chi connectivity index (χ1n) is 11.2. The summed E-state index contributed by atoms with van der Waals surface area (Å²) in [4.78, 5) is 21.4. The van der Waals surface area contributed by atoms with Gasteiger partial charge in [0.2, 0.25) is 11.5 Å². The van der Waals surface area contributed by atoms with Crippen molar-refractivity contribution in [1.82, 2.24) is 0 Å². The van der Waals surface area contributed by atoms with Gasteiger partial charge >= 0.3 is 11.4 Å². The van der Waals surface area contributed by atoms with Crippen LogP contribution in [0.1, 0.15) is 90.9 Å². The van der Waals surface area contributed by atoms with Gasteiger partial charge in [0.25, 0.3) is 0 Å². The lowest BCUT2D eigenvalue weighted by Crippen LogP contribution is -2.05. The van der Waals surface area contributed by atoms with Crippen LogP contribution in [0.15, 0.2) is 12.1 Å². The molecule has 0 heterocycles. The Labute approximate surface area is 179 Å². The molecule has 0 spiro atoms. The quantitative estimate of drug-likeness (QED) is 0.143. The first-order chi connectivity index (χ1) is 14.5. The molecule has 0 saturated carbocycles. The number of ether oxygens (including phenoxy) is 2. The molecule has 0 aliphatic carbocycles. The number of unbranched alkanes of at least 4 members (excludes halogenated alkanes) is 10. The fourth-order valence-electron chi connectivity index (χ4n) is 3.18. The van der Waals surface area contributed by atoms with Gasteiger partial charge in [-0.15, -0.1) is 0 Å². The predicted molar refractivity (Wildman–Crippen MR) is 117 cm³/mol. The van der Waals surface area contributed by atoms with Crippen molar-refractivity contribution in [2.75, 3.05) is 13.2 Å². The molecular formula is C22H36N2O6. The Bertz CT molecular complexity index is 600. The molecule has 0 aromatic heterocycles. The summed E-state index contributed by atoms with van der Waals surface area (Å²) in [5.74, 6) is 0.0502. The maximum atomic E-state index is 11.4. The van der Waals surface area contributed by atoms with Gasteiger partial charge in [-0.3, -0.25) is 20.2 Å². The molecule has 0 amide bonds. The Morgan fingerprint density at radius 1 is 0.633 bits per heavy atom. The number of nitrogens with zero attached hydrogens (tertiary/aromatic N) is 2. The Balaban J connectivity index is 2.70. The average Bonchev–Trinajstić information content (AvgIpc) is 2.72. The summed E-state index contributed by atoms with van der Waals surface area (Å²) in [6.45, 7) is 4.98. The van der Waals surface area contributed by atoms with Crippen LogP contribution in [0.4, 0.5) is 11.4 Å². The van der Waals surface area contributed by atoms with E-state index < -0.39 is 21.2 Å². The lowest BCUT2D eigenvalue weighted by molar-refractivity contribution is -0.395. The zero-order chi connectivity index (χ0) is 22.2. The standard InChI is InChI=1S/C22H36N2O6/c1-3-5-7-9-11-13-15-29-21-18-22(30-16-14-12-10-8-6-4-2)20(24(27)28)17-19(21)23(25)26/h17-18H,3-16H2,1-2H3. The van der Waals surface area contributed by atoms with Gasteiger partial charge in [-0.05, 0) is 12.8 Å². The molecule has 0 fully saturated rings. The van der Waals surface area contributed by atoms with Crippen LogP contribution in [0, 0.1) is 20.2 Å². The van der Waals surface area contributed by atoms with Crippen LogP contribution in [-0.4, -0.2) is 23.1 Å². The molecule has 1 aromatic rings. The van der Waals surface area contributed by atoms with Crippen LogP contribution in [0.2, 0.25) is 0 Å². The van der Waals surface area contributed by atoms with E-state index in [1.54, 1.807) is 0 Å². The van der Waals surface area contributed by atoms with Gasteiger partial charge in [0, 0.05) is 6.07 Å². The molecule has 0 unspecified atom stereocenters. The topological polar surface area (TPSA) is 105 Å². The Kier molecular flexibility index (Phi) is 13.2. The van der Waals surface area contributed by atoms with Crippen molar-refractivity contribution in [3.05, 3.63) is 32.4 Å². The molecule has 0 N–H and O–H groups in total. The smallest absolute Gasteiger partial charge is 0.318 e. The summed E-state index contributed by atoms with van der Waals surface area (Å²) < 4.78 is 11.2. The van der Waals surface area contributed by atoms with Crippen molar-refractivity contribution in [2.24, 2.45) is 0 Å². The van der Waals surface area contributed by atoms with Gasteiger partial charge in [0.05, 0.1) is 23.1 Å². The fraction of sp³-hybridized carbons (Fsp3) is 0.727. The maximum Gasteiger partial charge on any atom is 0.318 e. The van der Waals surface area contributed by atoms with E-state index in [9.17, 15) is 20.2 Å². The second kappa shape index (κ2) is 15.5. The van der Waals surface area contributed by atoms with E-state index in [1.807, 2.05) is 0 Å². The molecule has 0 atom stereocenters. The molecule has 8 nitrogen and oxygen atoms in total. The summed E-state index contributed by atoms with van der Waals surface area (Å²) in [7, 11) is 0. The van der Waals surface area contributed by atoms with Gasteiger partial charge in [0.1, 0.15) is 6.07 Å². The first-order valence-corrected chi connectivity index (χ1v) is 11.2. The van der Waals surface area contributed by atoms with Crippen molar-refractivity contribution in [1.29, 1.82) is 0 Å². The van der Waals surface area contributed by atoms with Gasteiger partial charge in [0.15, 0.2) is 0 Å². The van der Waals surface area contributed by atoms with Crippen molar-refractivity contribution in [3.8, 4) is 11.5 Å². The normalized spacial score (nSPS) is 10.7. The molecule has 0 aliphatic rings. The first kappa shape index (κ1) is 25.7. The molecule has 1 rings (SSSR count). The highest BCUT2D eigenvalue weighted by Gasteiger charge is 2.26. The van der Waals surface area contributed by atoms with Crippen molar-refractivity contribution < 1.29 is 19.3 Å². The second-order valence-electron chi connectivity index (χ2n) is 7.53. The zero-order valence-electron chi connectivity index (χ0n) is 18.4. The largest absolute Gasteiger partial charge is 0.487 e. The lowest BCUT2D eigenvalue weighted by Gasteiger charge is -2.11. The monoisotopic (exact) mass is 424 g/mol. The molecule has 1 aromatic carbocycles. The third-order valence-corrected chi connectivity index (χ3v) is 4.94. The number of hydrogen-bond donors (Lipinski definition) is 0. The van der Waals surface area contributed by atoms with Crippen LogP contribution in [-0.2, 0) is 0 Å². The van der Waals surface area contributed by atoms with E-state index in [0.717, 1.165) is 44.6 Å². The van der Waals surface area contributed by atoms with Crippen molar-refractivity contribution >= 4 is 11.4 Å². The zero-order valence-corrected chi connectivity index (χ0v) is 18.4. The van der Waals surface area contributed by atoms with E-state index in [-0.39, 0.29) is 11.5 Å². The third kappa shape index (κ3) is 9.89. The number of nitro benzene ring substituents is 2. The van der Waals surface area contributed by atoms with Crippen LogP contribution in [0.25, 0.3) is 0 Å². The summed E-state index contributed by atoms with van der Waals surface area (Å²) >= 11 is 0. The van der Waals surface area contributed by atoms with E-state index in [1.165, 1.54) is 44.6 Å². The van der Waals surface area contributed by atoms with Crippen LogP contribution < -0.4 is 9.47 Å². The molecule has 30 heavy (non-hydrogen) atoms. The van der Waals surface area contributed by atoms with Gasteiger partial charge in [-0.1, -0.05) is 78.1 Å². The highest BCUT2D eigenvalue weighted by atomic mass is 16.6. The Morgan fingerprint density at radius 2 is 1.00 bits per heavy atom. The van der Waals surface area contributed by atoms with Crippen LogP contribution in [0.3, 0.4) is 0 Å². The molecule has 0 aliphatic heterocycles. The van der Waals surface area contributed by atoms with E-state index in [2.05, 4.69) is 13.8 Å². The summed E-state index contributed by atoms with van der Waals surface area (Å²) in [5, 5.41) is 22.7. The highest BCUT2D eigenvalue weighted by molar-refractivity contribution is 5.61. The van der Waals surface area contributed by atoms with E-state index >= 15 is 0 Å². The SMILES string of the molecule is CCCCCCCCOc1cc(OCCCCCCCC)c([N+](=O)[O-])cc1[N+](=O)[O-]. The molecule has 8 heteroatoms. The third-order valence-electron chi connectivity index (χ3n) is 4.94. The minimum atomic E-state index is -0.652. The summed E-state index contributed by atoms with van der Waals surface area (Å²) in [5.41, 5.74) is -0.806. The highest BCUT2D eigenvalue weighted by Crippen LogP contribution is 2.39. The van der Waals surface area contributed by atoms with Crippen LogP contribution >= 0.6 is 0 Å². The lowest BCUT2D eigenvalue weighted by atomic mass is 10.1. The van der Waals surface area contributed by atoms with Crippen LogP contribution in [0.5, 0.6) is 11.5 Å². The van der Waals surface area contributed by atoms with Gasteiger partial charge in [-0.2, -0.15) is 0 Å². The Hall–Kier alpha value is -2.38. The van der Waals surface area contributed by atoms with Gasteiger partial charge < -0.3 is 9.47 Å². The predicted octanol–water partition coefficient (Wildman–Crippen LogP) is 6.98. The number of hydrogen-bond acceptors (Lipinski definition) is 6. The molecular weight excluding hydrogens is 388 g/mol. The molecule has 0 bridgehead atoms.